The molecule has 0 aliphatic carbocycles. The number of nitriles is 1. The maximum atomic E-state index is 12.8. The van der Waals surface area contributed by atoms with Crippen LogP contribution in [-0.2, 0) is 32.3 Å². The summed E-state index contributed by atoms with van der Waals surface area (Å²) in [7, 11) is -3.99. The predicted molar refractivity (Wildman–Crippen MR) is 274 cm³/mol. The van der Waals surface area contributed by atoms with Gasteiger partial charge in [0.2, 0.25) is 17.6 Å². The molecule has 13 nitrogen and oxygen atoms in total. The van der Waals surface area contributed by atoms with Crippen molar-refractivity contribution in [3.63, 3.8) is 0 Å². The molecule has 3 aromatic carbocycles. The first-order valence-electron chi connectivity index (χ1n) is 24.5. The number of anilines is 1. The first-order chi connectivity index (χ1) is 32.8. The number of allylic oxidation sites excluding steroid dienone is 6. The number of fused-ring (bicyclic) bond motifs is 2. The Bertz CT molecular complexity index is 2480. The average molecular weight is 946 g/mol. The van der Waals surface area contributed by atoms with Crippen molar-refractivity contribution in [3.05, 3.63) is 126 Å². The zero-order chi connectivity index (χ0) is 48.4. The van der Waals surface area contributed by atoms with E-state index in [0.29, 0.717) is 64.4 Å². The number of rotatable bonds is 24. The number of ether oxygens (including phenoxy) is 1. The van der Waals surface area contributed by atoms with E-state index in [9.17, 15) is 23.0 Å². The number of hydrogen-bond acceptors (Lipinski definition) is 8. The van der Waals surface area contributed by atoms with Gasteiger partial charge in [-0.3, -0.25) is 24.6 Å². The summed E-state index contributed by atoms with van der Waals surface area (Å²) in [4.78, 5) is 22.0. The van der Waals surface area contributed by atoms with E-state index >= 15 is 0 Å². The predicted octanol–water partition coefficient (Wildman–Crippen LogP) is 8.67. The monoisotopic (exact) mass is 946 g/mol. The number of nitrogens with one attached hydrogen (secondary N) is 3. The van der Waals surface area contributed by atoms with Crippen LogP contribution in [0.5, 0.6) is 5.75 Å². The van der Waals surface area contributed by atoms with Crippen molar-refractivity contribution >= 4 is 39.1 Å². The first kappa shape index (κ1) is 51.6. The van der Waals surface area contributed by atoms with Crippen molar-refractivity contribution in [2.24, 2.45) is 4.99 Å². The van der Waals surface area contributed by atoms with E-state index in [4.69, 9.17) is 4.74 Å². The Morgan fingerprint density at radius 1 is 0.868 bits per heavy atom. The molecule has 3 aliphatic rings. The molecule has 0 unspecified atom stereocenters. The van der Waals surface area contributed by atoms with Crippen LogP contribution in [-0.4, -0.2) is 98.2 Å². The molecular weight excluding hydrogens is 873 g/mol. The minimum Gasteiger partial charge on any atom is -0.494 e. The highest BCUT2D eigenvalue weighted by atomic mass is 32.2. The topological polar surface area (TPSA) is 162 Å². The number of benzene rings is 3. The fraction of sp³-hybridized carbons (Fsp3) is 0.481. The van der Waals surface area contributed by atoms with E-state index in [2.05, 4.69) is 148 Å². The number of hydrogen-bond donors (Lipinski definition) is 4. The molecule has 4 N–H and O–H groups in total. The van der Waals surface area contributed by atoms with Crippen LogP contribution in [0.4, 0.5) is 11.4 Å². The number of likely N-dealkylation sites (tertiary alicyclic amines) is 1. The number of carbonyl (C=O) groups excluding carboxylic acids is 1. The lowest BCUT2D eigenvalue weighted by Crippen LogP contribution is -2.40. The molecule has 0 radical (unpaired) electrons. The molecule has 0 aromatic heterocycles. The quantitative estimate of drug-likeness (QED) is 0.01000. The molecule has 3 aliphatic heterocycles. The van der Waals surface area contributed by atoms with Gasteiger partial charge in [0.05, 0.1) is 17.8 Å². The number of carbonyl (C=O) groups is 1. The largest absolute Gasteiger partial charge is 0.494 e. The summed E-state index contributed by atoms with van der Waals surface area (Å²) in [6.45, 7) is 15.6. The number of amides is 1. The Morgan fingerprint density at radius 3 is 2.43 bits per heavy atom. The van der Waals surface area contributed by atoms with Gasteiger partial charge in [0, 0.05) is 86.5 Å². The lowest BCUT2D eigenvalue weighted by atomic mass is 9.81. The van der Waals surface area contributed by atoms with Gasteiger partial charge in [-0.15, -0.1) is 0 Å². The Hall–Kier alpha value is -5.75. The van der Waals surface area contributed by atoms with E-state index in [-0.39, 0.29) is 22.5 Å². The molecule has 364 valence electrons. The number of para-hydroxylation sites is 2. The third kappa shape index (κ3) is 14.6. The van der Waals surface area contributed by atoms with E-state index in [1.54, 1.807) is 0 Å². The Labute approximate surface area is 405 Å². The summed E-state index contributed by atoms with van der Waals surface area (Å²) >= 11 is 0. The van der Waals surface area contributed by atoms with E-state index < -0.39 is 10.1 Å². The van der Waals surface area contributed by atoms with Gasteiger partial charge in [-0.2, -0.15) is 18.3 Å². The molecule has 14 heteroatoms. The van der Waals surface area contributed by atoms with Crippen LogP contribution in [0.25, 0.3) is 0 Å². The second-order valence-electron chi connectivity index (χ2n) is 19.0. The molecule has 0 bridgehead atoms. The summed E-state index contributed by atoms with van der Waals surface area (Å²) < 4.78 is 40.4. The van der Waals surface area contributed by atoms with Gasteiger partial charge >= 0.3 is 0 Å². The molecule has 6 rings (SSSR count). The molecule has 1 saturated heterocycles. The van der Waals surface area contributed by atoms with Gasteiger partial charge in [-0.1, -0.05) is 87.0 Å². The number of nitrogens with zero attached hydrogens (tertiary/aromatic N) is 5. The molecule has 0 saturated carbocycles. The second kappa shape index (κ2) is 25.0. The number of guanidine groups is 1. The van der Waals surface area contributed by atoms with Crippen molar-refractivity contribution in [3.8, 4) is 11.9 Å². The number of unbranched alkanes of at least 4 members (excludes halogenated alkanes) is 3. The molecule has 1 amide bonds. The van der Waals surface area contributed by atoms with Crippen molar-refractivity contribution in [1.29, 1.82) is 5.26 Å². The van der Waals surface area contributed by atoms with Gasteiger partial charge in [0.15, 0.2) is 11.9 Å². The normalized spacial score (nSPS) is 17.4. The van der Waals surface area contributed by atoms with Crippen molar-refractivity contribution in [1.82, 2.24) is 20.9 Å². The van der Waals surface area contributed by atoms with E-state index in [1.807, 2.05) is 24.4 Å². The van der Waals surface area contributed by atoms with E-state index in [0.717, 1.165) is 62.6 Å². The molecule has 68 heavy (non-hydrogen) atoms. The van der Waals surface area contributed by atoms with Crippen LogP contribution in [0.1, 0.15) is 109 Å². The zero-order valence-corrected chi connectivity index (χ0v) is 41.5. The fourth-order valence-corrected chi connectivity index (χ4v) is 10.2. The van der Waals surface area contributed by atoms with Crippen molar-refractivity contribution < 1.29 is 27.1 Å². The van der Waals surface area contributed by atoms with Gasteiger partial charge in [0.1, 0.15) is 12.3 Å². The third-order valence-electron chi connectivity index (χ3n) is 13.2. The summed E-state index contributed by atoms with van der Waals surface area (Å²) in [5, 5.41) is 18.0. The van der Waals surface area contributed by atoms with Crippen molar-refractivity contribution in [2.75, 3.05) is 63.1 Å². The van der Waals surface area contributed by atoms with E-state index in [1.165, 1.54) is 47.4 Å². The molecule has 0 atom stereocenters. The third-order valence-corrected chi connectivity index (χ3v) is 14.0. The molecule has 1 fully saturated rings. The van der Waals surface area contributed by atoms with Crippen LogP contribution in [0.3, 0.4) is 0 Å². The highest BCUT2D eigenvalue weighted by Crippen LogP contribution is 2.47. The summed E-state index contributed by atoms with van der Waals surface area (Å²) in [6.07, 6.45) is 21.2. The van der Waals surface area contributed by atoms with Crippen LogP contribution < -0.4 is 25.6 Å². The molecule has 0 spiro atoms. The zero-order valence-electron chi connectivity index (χ0n) is 40.7. The average Bonchev–Trinajstić information content (AvgIpc) is 3.66. The maximum absolute atomic E-state index is 12.8. The minimum absolute atomic E-state index is 0.00501. The molecule has 3 aromatic rings. The Balaban J connectivity index is 0.938. The van der Waals surface area contributed by atoms with Gasteiger partial charge in [-0.25, -0.2) is 0 Å². The Morgan fingerprint density at radius 2 is 1.63 bits per heavy atom. The summed E-state index contributed by atoms with van der Waals surface area (Å²) in [5.74, 6) is 1.01. The lowest BCUT2D eigenvalue weighted by molar-refractivity contribution is -0.438. The molecular formula is C54H73N8O5S+. The van der Waals surface area contributed by atoms with Crippen LogP contribution in [0.15, 0.2) is 114 Å². The number of piperidine rings is 1. The standard InChI is InChI=1S/C54H72N8O5S/c1-53(2)45-24-11-13-26-47(45)61(49(53)28-8-5-9-29-50-54(3,4)46-25-12-14-27-48(46)62(50)37-18-19-39-68(64,65)66)36-17-6-10-30-51(63)56-32-33-58-52(59-42-55)57-31-21-38-67-44-23-20-22-43(40-44)41-60-34-15-7-16-35-60/h5,8-9,11-14,20,22-29,40H,6-7,10,15-19,21,30-39,41H2,1-4H3,(H3-,56,57,58,59,63,64,65,66)/p+1. The minimum atomic E-state index is -3.99. The first-order valence-corrected chi connectivity index (χ1v) is 26.2. The molecule has 3 heterocycles. The lowest BCUT2D eigenvalue weighted by Gasteiger charge is -2.27. The number of aliphatic imine (C=N–C) groups is 1. The highest BCUT2D eigenvalue weighted by molar-refractivity contribution is 7.85. The van der Waals surface area contributed by atoms with Crippen LogP contribution in [0.2, 0.25) is 0 Å². The summed E-state index contributed by atoms with van der Waals surface area (Å²) in [6, 6.07) is 25.3. The maximum Gasteiger partial charge on any atom is 0.264 e. The Kier molecular flexibility index (Phi) is 19.0. The van der Waals surface area contributed by atoms with Gasteiger partial charge in [0.25, 0.3) is 10.1 Å². The highest BCUT2D eigenvalue weighted by Gasteiger charge is 2.44. The van der Waals surface area contributed by atoms with Crippen LogP contribution in [0, 0.1) is 11.5 Å². The van der Waals surface area contributed by atoms with Gasteiger partial charge < -0.3 is 20.3 Å². The summed E-state index contributed by atoms with van der Waals surface area (Å²) in [5.41, 5.74) is 8.07. The smallest absolute Gasteiger partial charge is 0.264 e. The second-order valence-corrected chi connectivity index (χ2v) is 20.6. The SMILES string of the molecule is CC1(C)C(/C=C/C=C/C=C2/N(CCCCS(=O)(=O)O)c3ccccc3C2(C)C)=[N+](CCCCCC(=O)NCCNC(=NCCCOc2cccc(CN3CCCCC3)c2)NC#N)c2ccccc21. The van der Waals surface area contributed by atoms with Crippen LogP contribution >= 0.6 is 0 Å². The van der Waals surface area contributed by atoms with Crippen molar-refractivity contribution in [2.45, 2.75) is 109 Å². The fourth-order valence-electron chi connectivity index (χ4n) is 9.63. The van der Waals surface area contributed by atoms with Gasteiger partial charge in [-0.05, 0) is 101 Å².